The van der Waals surface area contributed by atoms with E-state index in [9.17, 15) is 9.59 Å². The topological polar surface area (TPSA) is 105 Å². The van der Waals surface area contributed by atoms with E-state index in [4.69, 9.17) is 9.47 Å². The minimum Gasteiger partial charge on any atom is -0.492 e. The van der Waals surface area contributed by atoms with Gasteiger partial charge in [0.1, 0.15) is 24.4 Å². The second kappa shape index (κ2) is 8.14. The van der Waals surface area contributed by atoms with Crippen LogP contribution in [0.3, 0.4) is 0 Å². The fourth-order valence-corrected chi connectivity index (χ4v) is 3.95. The minimum absolute atomic E-state index is 0.0516. The summed E-state index contributed by atoms with van der Waals surface area (Å²) in [5.41, 5.74) is 1.84. The van der Waals surface area contributed by atoms with Crippen LogP contribution in [0.25, 0.3) is 0 Å². The summed E-state index contributed by atoms with van der Waals surface area (Å²) >= 11 is 0. The van der Waals surface area contributed by atoms with Crippen molar-refractivity contribution in [3.05, 3.63) is 41.6 Å². The average Bonchev–Trinajstić information content (AvgIpc) is 3.39. The van der Waals surface area contributed by atoms with E-state index in [1.54, 1.807) is 0 Å². The van der Waals surface area contributed by atoms with Crippen LogP contribution in [0.2, 0.25) is 0 Å². The lowest BCUT2D eigenvalue weighted by atomic mass is 10.0. The molecule has 154 valence electrons. The van der Waals surface area contributed by atoms with Gasteiger partial charge in [0.2, 0.25) is 5.91 Å². The Bertz CT molecular complexity index is 894. The highest BCUT2D eigenvalue weighted by molar-refractivity contribution is 5.96. The van der Waals surface area contributed by atoms with Crippen LogP contribution in [0, 0.1) is 0 Å². The Hall–Kier alpha value is -3.03. The van der Waals surface area contributed by atoms with Crippen molar-refractivity contribution in [2.45, 2.75) is 57.1 Å². The van der Waals surface area contributed by atoms with Crippen molar-refractivity contribution in [2.75, 3.05) is 11.9 Å². The first-order valence-corrected chi connectivity index (χ1v) is 10.0. The number of anilines is 1. The monoisotopic (exact) mass is 398 g/mol. The predicted molar refractivity (Wildman–Crippen MR) is 107 cm³/mol. The second-order valence-corrected chi connectivity index (χ2v) is 7.94. The molecule has 2 heterocycles. The van der Waals surface area contributed by atoms with E-state index in [2.05, 4.69) is 20.8 Å². The number of hydrogen-bond acceptors (Lipinski definition) is 5. The van der Waals surface area contributed by atoms with E-state index < -0.39 is 0 Å². The third-order valence-electron chi connectivity index (χ3n) is 5.37. The van der Waals surface area contributed by atoms with E-state index in [1.165, 1.54) is 0 Å². The van der Waals surface area contributed by atoms with Crippen LogP contribution in [0.15, 0.2) is 30.3 Å². The average molecular weight is 398 g/mol. The van der Waals surface area contributed by atoms with Crippen LogP contribution in [0.1, 0.15) is 56.2 Å². The molecule has 3 N–H and O–H groups in total. The maximum atomic E-state index is 12.7. The summed E-state index contributed by atoms with van der Waals surface area (Å²) in [6.45, 7) is 4.13. The lowest BCUT2D eigenvalue weighted by Crippen LogP contribution is -2.33. The zero-order valence-electron chi connectivity index (χ0n) is 16.6. The molecule has 8 heteroatoms. The van der Waals surface area contributed by atoms with E-state index in [0.717, 1.165) is 36.3 Å². The number of nitrogens with zero attached hydrogens (tertiary/aromatic N) is 1. The summed E-state index contributed by atoms with van der Waals surface area (Å²) in [6, 6.07) is 9.49. The number of amides is 2. The minimum atomic E-state index is -0.373. The normalized spacial score (nSPS) is 22.8. The van der Waals surface area contributed by atoms with Crippen molar-refractivity contribution in [2.24, 2.45) is 0 Å². The highest BCUT2D eigenvalue weighted by Gasteiger charge is 2.32. The molecule has 1 unspecified atom stereocenters. The maximum Gasteiger partial charge on any atom is 0.407 e. The molecule has 1 aromatic heterocycles. The summed E-state index contributed by atoms with van der Waals surface area (Å²) in [6.07, 6.45) is 1.98. The summed E-state index contributed by atoms with van der Waals surface area (Å²) in [5, 5.41) is 12.9. The number of fused-ring (bicyclic) bond motifs is 1. The van der Waals surface area contributed by atoms with Crippen molar-refractivity contribution >= 4 is 17.8 Å². The number of nitrogens with one attached hydrogen (secondary N) is 3. The number of alkyl carbamates (subject to hydrolysis) is 1. The molecule has 1 fully saturated rings. The van der Waals surface area contributed by atoms with Gasteiger partial charge in [0.25, 0.3) is 0 Å². The fraction of sp³-hybridized carbons (Fsp3) is 0.476. The number of carbonyl (C=O) groups excluding carboxylic acids is 2. The van der Waals surface area contributed by atoms with E-state index in [1.807, 2.05) is 44.2 Å². The number of benzene rings is 1. The Kier molecular flexibility index (Phi) is 5.42. The highest BCUT2D eigenvalue weighted by atomic mass is 16.6. The molecule has 2 amide bonds. The summed E-state index contributed by atoms with van der Waals surface area (Å²) in [5.74, 6) is 1.01. The molecule has 0 radical (unpaired) electrons. The Balaban J connectivity index is 1.32. The molecule has 29 heavy (non-hydrogen) atoms. The Morgan fingerprint density at radius 2 is 2.10 bits per heavy atom. The smallest absolute Gasteiger partial charge is 0.407 e. The molecule has 2 aromatic rings. The maximum absolute atomic E-state index is 12.7. The van der Waals surface area contributed by atoms with E-state index >= 15 is 0 Å². The molecule has 8 nitrogen and oxygen atoms in total. The zero-order chi connectivity index (χ0) is 20.4. The number of ether oxygens (including phenoxy) is 2. The van der Waals surface area contributed by atoms with Gasteiger partial charge in [0, 0.05) is 29.3 Å². The molecule has 0 saturated heterocycles. The lowest BCUT2D eigenvalue weighted by Gasteiger charge is -2.14. The lowest BCUT2D eigenvalue weighted by molar-refractivity contribution is -0.117. The van der Waals surface area contributed by atoms with Crippen LogP contribution in [-0.4, -0.2) is 41.0 Å². The molecule has 2 aliphatic rings. The van der Waals surface area contributed by atoms with Crippen molar-refractivity contribution in [1.29, 1.82) is 0 Å². The van der Waals surface area contributed by atoms with Crippen LogP contribution >= 0.6 is 0 Å². The van der Waals surface area contributed by atoms with Gasteiger partial charge in [-0.15, -0.1) is 0 Å². The van der Waals surface area contributed by atoms with Gasteiger partial charge >= 0.3 is 6.09 Å². The highest BCUT2D eigenvalue weighted by Crippen LogP contribution is 2.37. The van der Waals surface area contributed by atoms with E-state index in [-0.39, 0.29) is 36.0 Å². The Labute approximate surface area is 169 Å². The number of rotatable bonds is 5. The second-order valence-electron chi connectivity index (χ2n) is 7.94. The SMILES string of the molecule is CC(C)NC(=O)O[C@@H]1CC[C@H](c2cc(NC(=O)C3COc4ccccc43)n[nH]2)C1. The van der Waals surface area contributed by atoms with Gasteiger partial charge in [0.15, 0.2) is 5.82 Å². The molecule has 0 spiro atoms. The third kappa shape index (κ3) is 4.36. The van der Waals surface area contributed by atoms with Crippen LogP contribution < -0.4 is 15.4 Å². The first-order chi connectivity index (χ1) is 14.0. The molecule has 1 saturated carbocycles. The molecule has 1 aliphatic heterocycles. The molecular formula is C21H26N4O4. The van der Waals surface area contributed by atoms with Crippen molar-refractivity contribution in [3.63, 3.8) is 0 Å². The number of hydrogen-bond donors (Lipinski definition) is 3. The summed E-state index contributed by atoms with van der Waals surface area (Å²) in [4.78, 5) is 24.4. The molecule has 1 aromatic carbocycles. The quantitative estimate of drug-likeness (QED) is 0.717. The van der Waals surface area contributed by atoms with Gasteiger partial charge in [0.05, 0.1) is 0 Å². The fourth-order valence-electron chi connectivity index (χ4n) is 3.95. The van der Waals surface area contributed by atoms with Crippen LogP contribution in [-0.2, 0) is 9.53 Å². The van der Waals surface area contributed by atoms with Gasteiger partial charge in [-0.25, -0.2) is 4.79 Å². The van der Waals surface area contributed by atoms with Gasteiger partial charge in [-0.1, -0.05) is 18.2 Å². The first kappa shape index (κ1) is 19.3. The number of aromatic nitrogens is 2. The van der Waals surface area contributed by atoms with Crippen LogP contribution in [0.4, 0.5) is 10.6 Å². The van der Waals surface area contributed by atoms with Gasteiger partial charge in [-0.05, 0) is 39.2 Å². The molecule has 3 atom stereocenters. The van der Waals surface area contributed by atoms with Crippen molar-refractivity contribution in [3.8, 4) is 5.75 Å². The van der Waals surface area contributed by atoms with Crippen LogP contribution in [0.5, 0.6) is 5.75 Å². The summed E-state index contributed by atoms with van der Waals surface area (Å²) < 4.78 is 11.1. The Morgan fingerprint density at radius 1 is 1.28 bits per heavy atom. The van der Waals surface area contributed by atoms with Crippen molar-refractivity contribution in [1.82, 2.24) is 15.5 Å². The zero-order valence-corrected chi connectivity index (χ0v) is 16.6. The molecule has 0 bridgehead atoms. The third-order valence-corrected chi connectivity index (χ3v) is 5.37. The number of aromatic amines is 1. The van der Waals surface area contributed by atoms with Crippen molar-refractivity contribution < 1.29 is 19.1 Å². The molecule has 4 rings (SSSR count). The van der Waals surface area contributed by atoms with Gasteiger partial charge in [-0.2, -0.15) is 5.10 Å². The standard InChI is InChI=1S/C21H26N4O4/c1-12(2)22-21(27)29-14-8-7-13(9-14)17-10-19(25-24-17)23-20(26)16-11-28-18-6-4-3-5-15(16)18/h3-6,10,12-14,16H,7-9,11H2,1-2H3,(H,22,27)(H2,23,24,25,26)/t13-,14+,16?/m0/s1. The summed E-state index contributed by atoms with van der Waals surface area (Å²) in [7, 11) is 0. The number of H-pyrrole nitrogens is 1. The van der Waals surface area contributed by atoms with Gasteiger partial charge in [-0.3, -0.25) is 9.89 Å². The predicted octanol–water partition coefficient (Wildman–Crippen LogP) is 3.30. The molecular weight excluding hydrogens is 372 g/mol. The van der Waals surface area contributed by atoms with Gasteiger partial charge < -0.3 is 20.1 Å². The van der Waals surface area contributed by atoms with E-state index in [0.29, 0.717) is 12.4 Å². The number of carbonyl (C=O) groups is 2. The first-order valence-electron chi connectivity index (χ1n) is 10.0. The number of para-hydroxylation sites is 1. The largest absolute Gasteiger partial charge is 0.492 e. The molecule has 1 aliphatic carbocycles. The Morgan fingerprint density at radius 3 is 2.93 bits per heavy atom.